The third kappa shape index (κ3) is 5.13. The zero-order valence-electron chi connectivity index (χ0n) is 15.4. The number of hydrogen-bond acceptors (Lipinski definition) is 4. The van der Waals surface area contributed by atoms with Crippen LogP contribution in [0, 0.1) is 5.92 Å². The van der Waals surface area contributed by atoms with Crippen molar-refractivity contribution in [1.29, 1.82) is 0 Å². The second-order valence-corrected chi connectivity index (χ2v) is 6.75. The van der Waals surface area contributed by atoms with Crippen molar-refractivity contribution in [3.63, 3.8) is 0 Å². The van der Waals surface area contributed by atoms with Gasteiger partial charge in [-0.25, -0.2) is 0 Å². The van der Waals surface area contributed by atoms with Gasteiger partial charge in [0, 0.05) is 39.1 Å². The summed E-state index contributed by atoms with van der Waals surface area (Å²) in [6.45, 7) is 9.21. The molecule has 0 unspecified atom stereocenters. The van der Waals surface area contributed by atoms with E-state index in [9.17, 15) is 4.79 Å². The van der Waals surface area contributed by atoms with E-state index in [1.54, 1.807) is 14.2 Å². The van der Waals surface area contributed by atoms with Gasteiger partial charge in [0.2, 0.25) is 5.91 Å². The molecule has 1 aromatic carbocycles. The van der Waals surface area contributed by atoms with Crippen LogP contribution in [0.25, 0.3) is 0 Å². The van der Waals surface area contributed by atoms with Gasteiger partial charge in [0.25, 0.3) is 0 Å². The van der Waals surface area contributed by atoms with Gasteiger partial charge in [0.15, 0.2) is 0 Å². The van der Waals surface area contributed by atoms with E-state index in [4.69, 9.17) is 9.47 Å². The molecule has 2 rings (SSSR count). The van der Waals surface area contributed by atoms with E-state index >= 15 is 0 Å². The average Bonchev–Trinajstić information content (AvgIpc) is 2.59. The Morgan fingerprint density at radius 3 is 2.42 bits per heavy atom. The van der Waals surface area contributed by atoms with Crippen LogP contribution in [-0.4, -0.2) is 62.7 Å². The standard InChI is InChI=1S/C19H30N2O3/c1-15(2)14-20-9-11-21(12-10-20)19(22)8-5-16-13-17(23-3)6-7-18(16)24-4/h6-7,13,15H,5,8-12,14H2,1-4H3. The first-order valence-corrected chi connectivity index (χ1v) is 8.74. The molecule has 1 aromatic rings. The molecule has 1 amide bonds. The molecule has 1 aliphatic rings. The zero-order valence-corrected chi connectivity index (χ0v) is 15.4. The van der Waals surface area contributed by atoms with Crippen LogP contribution in [-0.2, 0) is 11.2 Å². The van der Waals surface area contributed by atoms with Gasteiger partial charge in [-0.15, -0.1) is 0 Å². The number of amides is 1. The summed E-state index contributed by atoms with van der Waals surface area (Å²) in [7, 11) is 3.30. The van der Waals surface area contributed by atoms with Crippen molar-refractivity contribution in [3.05, 3.63) is 23.8 Å². The van der Waals surface area contributed by atoms with E-state index < -0.39 is 0 Å². The lowest BCUT2D eigenvalue weighted by Gasteiger charge is -2.35. The highest BCUT2D eigenvalue weighted by Crippen LogP contribution is 2.25. The molecule has 0 saturated carbocycles. The molecular weight excluding hydrogens is 304 g/mol. The van der Waals surface area contributed by atoms with E-state index in [0.29, 0.717) is 18.8 Å². The van der Waals surface area contributed by atoms with Crippen LogP contribution >= 0.6 is 0 Å². The van der Waals surface area contributed by atoms with E-state index in [2.05, 4.69) is 18.7 Å². The summed E-state index contributed by atoms with van der Waals surface area (Å²) in [6.07, 6.45) is 1.18. The Hall–Kier alpha value is -1.75. The molecule has 24 heavy (non-hydrogen) atoms. The number of aryl methyl sites for hydroxylation is 1. The smallest absolute Gasteiger partial charge is 0.222 e. The van der Waals surface area contributed by atoms with Gasteiger partial charge >= 0.3 is 0 Å². The lowest BCUT2D eigenvalue weighted by Crippen LogP contribution is -2.49. The van der Waals surface area contributed by atoms with Gasteiger partial charge in [-0.2, -0.15) is 0 Å². The number of rotatable bonds is 7. The van der Waals surface area contributed by atoms with Crippen molar-refractivity contribution < 1.29 is 14.3 Å². The quantitative estimate of drug-likeness (QED) is 0.768. The van der Waals surface area contributed by atoms with Crippen LogP contribution in [0.1, 0.15) is 25.8 Å². The molecule has 1 heterocycles. The van der Waals surface area contributed by atoms with Gasteiger partial charge in [-0.3, -0.25) is 9.69 Å². The minimum Gasteiger partial charge on any atom is -0.497 e. The summed E-state index contributed by atoms with van der Waals surface area (Å²) >= 11 is 0. The average molecular weight is 334 g/mol. The van der Waals surface area contributed by atoms with E-state index in [-0.39, 0.29) is 5.91 Å². The highest BCUT2D eigenvalue weighted by atomic mass is 16.5. The predicted molar refractivity (Wildman–Crippen MR) is 95.7 cm³/mol. The molecule has 1 fully saturated rings. The molecule has 0 aromatic heterocycles. The third-order valence-electron chi connectivity index (χ3n) is 4.44. The van der Waals surface area contributed by atoms with Crippen LogP contribution in [0.5, 0.6) is 11.5 Å². The third-order valence-corrected chi connectivity index (χ3v) is 4.44. The number of benzene rings is 1. The molecular formula is C19H30N2O3. The SMILES string of the molecule is COc1ccc(OC)c(CCC(=O)N2CCN(CC(C)C)CC2)c1. The van der Waals surface area contributed by atoms with Crippen LogP contribution in [0.3, 0.4) is 0 Å². The summed E-state index contributed by atoms with van der Waals surface area (Å²) in [5, 5.41) is 0. The minimum absolute atomic E-state index is 0.226. The second kappa shape index (κ2) is 8.92. The molecule has 0 bridgehead atoms. The van der Waals surface area contributed by atoms with Crippen molar-refractivity contribution in [3.8, 4) is 11.5 Å². The molecule has 0 aliphatic carbocycles. The first-order chi connectivity index (χ1) is 11.5. The Bertz CT molecular complexity index is 537. The van der Waals surface area contributed by atoms with Crippen LogP contribution < -0.4 is 9.47 Å². The van der Waals surface area contributed by atoms with Gasteiger partial charge in [-0.1, -0.05) is 13.8 Å². The lowest BCUT2D eigenvalue weighted by atomic mass is 10.1. The van der Waals surface area contributed by atoms with Crippen molar-refractivity contribution in [2.75, 3.05) is 46.9 Å². The van der Waals surface area contributed by atoms with Gasteiger partial charge in [0.05, 0.1) is 14.2 Å². The van der Waals surface area contributed by atoms with E-state index in [1.807, 2.05) is 23.1 Å². The van der Waals surface area contributed by atoms with Crippen molar-refractivity contribution in [2.45, 2.75) is 26.7 Å². The molecule has 0 spiro atoms. The molecule has 134 valence electrons. The molecule has 1 saturated heterocycles. The fourth-order valence-corrected chi connectivity index (χ4v) is 3.17. The topological polar surface area (TPSA) is 42.0 Å². The summed E-state index contributed by atoms with van der Waals surface area (Å²) < 4.78 is 10.7. The number of ether oxygens (including phenoxy) is 2. The summed E-state index contributed by atoms with van der Waals surface area (Å²) in [4.78, 5) is 16.9. The molecule has 0 radical (unpaired) electrons. The number of nitrogens with zero attached hydrogens (tertiary/aromatic N) is 2. The molecule has 0 atom stereocenters. The Morgan fingerprint density at radius 1 is 1.12 bits per heavy atom. The molecule has 5 heteroatoms. The second-order valence-electron chi connectivity index (χ2n) is 6.75. The van der Waals surface area contributed by atoms with Gasteiger partial charge in [0.1, 0.15) is 11.5 Å². The Morgan fingerprint density at radius 2 is 1.83 bits per heavy atom. The highest BCUT2D eigenvalue weighted by molar-refractivity contribution is 5.76. The predicted octanol–water partition coefficient (Wildman–Crippen LogP) is 2.44. The van der Waals surface area contributed by atoms with Gasteiger partial charge in [-0.05, 0) is 36.1 Å². The maximum absolute atomic E-state index is 12.5. The number of carbonyl (C=O) groups excluding carboxylic acids is 1. The number of piperazine rings is 1. The van der Waals surface area contributed by atoms with E-state index in [1.165, 1.54) is 0 Å². The fraction of sp³-hybridized carbons (Fsp3) is 0.632. The monoisotopic (exact) mass is 334 g/mol. The largest absolute Gasteiger partial charge is 0.497 e. The maximum Gasteiger partial charge on any atom is 0.222 e. The van der Waals surface area contributed by atoms with Crippen LogP contribution in [0.4, 0.5) is 0 Å². The Labute approximate surface area is 145 Å². The lowest BCUT2D eigenvalue weighted by molar-refractivity contribution is -0.132. The number of hydrogen-bond donors (Lipinski definition) is 0. The van der Waals surface area contributed by atoms with Crippen molar-refractivity contribution >= 4 is 5.91 Å². The Balaban J connectivity index is 1.85. The Kier molecular flexibility index (Phi) is 6.91. The van der Waals surface area contributed by atoms with Crippen LogP contribution in [0.2, 0.25) is 0 Å². The summed E-state index contributed by atoms with van der Waals surface area (Å²) in [6, 6.07) is 5.72. The molecule has 5 nitrogen and oxygen atoms in total. The number of carbonyl (C=O) groups is 1. The fourth-order valence-electron chi connectivity index (χ4n) is 3.17. The molecule has 0 N–H and O–H groups in total. The number of methoxy groups -OCH3 is 2. The van der Waals surface area contributed by atoms with Crippen molar-refractivity contribution in [2.24, 2.45) is 5.92 Å². The normalized spacial score (nSPS) is 15.6. The van der Waals surface area contributed by atoms with Crippen LogP contribution in [0.15, 0.2) is 18.2 Å². The summed E-state index contributed by atoms with van der Waals surface area (Å²) in [5.74, 6) is 2.50. The maximum atomic E-state index is 12.5. The zero-order chi connectivity index (χ0) is 17.5. The van der Waals surface area contributed by atoms with Gasteiger partial charge < -0.3 is 14.4 Å². The van der Waals surface area contributed by atoms with Crippen molar-refractivity contribution in [1.82, 2.24) is 9.80 Å². The minimum atomic E-state index is 0.226. The van der Waals surface area contributed by atoms with E-state index in [0.717, 1.165) is 49.8 Å². The highest BCUT2D eigenvalue weighted by Gasteiger charge is 2.21. The summed E-state index contributed by atoms with van der Waals surface area (Å²) in [5.41, 5.74) is 1.02. The molecule has 1 aliphatic heterocycles. The first kappa shape index (κ1) is 18.6. The first-order valence-electron chi connectivity index (χ1n) is 8.74.